The van der Waals surface area contributed by atoms with Crippen LogP contribution in [0.1, 0.15) is 27.9 Å². The van der Waals surface area contributed by atoms with Crippen LogP contribution in [0.3, 0.4) is 0 Å². The minimum Gasteiger partial charge on any atom is -0.284 e. The molecular weight excluding hydrogens is 356 g/mol. The third-order valence-corrected chi connectivity index (χ3v) is 5.22. The normalized spacial score (nSPS) is 14.9. The Morgan fingerprint density at radius 3 is 2.59 bits per heavy atom. The van der Waals surface area contributed by atoms with E-state index in [-0.39, 0.29) is 0 Å². The van der Waals surface area contributed by atoms with E-state index in [1.165, 1.54) is 16.7 Å². The molecule has 0 saturated heterocycles. The molecule has 1 aliphatic rings. The molecule has 4 rings (SSSR count). The predicted octanol–water partition coefficient (Wildman–Crippen LogP) is 4.14. The van der Waals surface area contributed by atoms with Crippen LogP contribution in [0.25, 0.3) is 11.6 Å². The van der Waals surface area contributed by atoms with Crippen LogP contribution in [0, 0.1) is 0 Å². The Labute approximate surface area is 159 Å². The van der Waals surface area contributed by atoms with Crippen molar-refractivity contribution in [1.29, 1.82) is 0 Å². The van der Waals surface area contributed by atoms with E-state index < -0.39 is 10.0 Å². The average molecular weight is 376 g/mol. The highest BCUT2D eigenvalue weighted by atomic mass is 32.2. The fraction of sp³-hybridized carbons (Fsp3) is 0.136. The first-order chi connectivity index (χ1) is 13.0. The van der Waals surface area contributed by atoms with Gasteiger partial charge in [-0.05, 0) is 59.4 Å². The summed E-state index contributed by atoms with van der Waals surface area (Å²) in [6.07, 6.45) is 6.99. The Balaban J connectivity index is 1.87. The van der Waals surface area contributed by atoms with Crippen molar-refractivity contribution in [1.82, 2.24) is 4.98 Å². The molecule has 0 saturated carbocycles. The molecule has 1 aromatic heterocycles. The van der Waals surface area contributed by atoms with Gasteiger partial charge in [-0.1, -0.05) is 42.5 Å². The van der Waals surface area contributed by atoms with Gasteiger partial charge in [-0.2, -0.15) is 0 Å². The predicted molar refractivity (Wildman–Crippen MR) is 110 cm³/mol. The number of hydrogen-bond donors (Lipinski definition) is 1. The first-order valence-corrected chi connectivity index (χ1v) is 10.7. The van der Waals surface area contributed by atoms with E-state index in [9.17, 15) is 8.42 Å². The number of hydrogen-bond acceptors (Lipinski definition) is 3. The van der Waals surface area contributed by atoms with Crippen molar-refractivity contribution >= 4 is 27.4 Å². The van der Waals surface area contributed by atoms with Gasteiger partial charge in [-0.15, -0.1) is 0 Å². The summed E-state index contributed by atoms with van der Waals surface area (Å²) in [4.78, 5) is 4.66. The molecule has 0 spiro atoms. The number of benzene rings is 2. The monoisotopic (exact) mass is 376 g/mol. The molecule has 0 radical (unpaired) electrons. The smallest absolute Gasteiger partial charge is 0.229 e. The molecule has 4 nitrogen and oxygen atoms in total. The molecule has 2 aromatic carbocycles. The van der Waals surface area contributed by atoms with E-state index in [0.717, 1.165) is 35.9 Å². The van der Waals surface area contributed by atoms with Gasteiger partial charge in [-0.25, -0.2) is 8.42 Å². The summed E-state index contributed by atoms with van der Waals surface area (Å²) in [6.45, 7) is 0. The first kappa shape index (κ1) is 17.5. The Morgan fingerprint density at radius 2 is 1.74 bits per heavy atom. The van der Waals surface area contributed by atoms with E-state index >= 15 is 0 Å². The second-order valence-corrected chi connectivity index (χ2v) is 8.47. The lowest BCUT2D eigenvalue weighted by atomic mass is 9.95. The van der Waals surface area contributed by atoms with Gasteiger partial charge in [-0.3, -0.25) is 9.71 Å². The van der Waals surface area contributed by atoms with Crippen molar-refractivity contribution in [2.75, 3.05) is 11.0 Å². The molecule has 136 valence electrons. The number of rotatable bonds is 3. The fourth-order valence-corrected chi connectivity index (χ4v) is 4.05. The van der Waals surface area contributed by atoms with Gasteiger partial charge in [0.1, 0.15) is 0 Å². The summed E-state index contributed by atoms with van der Waals surface area (Å²) < 4.78 is 25.6. The summed E-state index contributed by atoms with van der Waals surface area (Å²) in [6, 6.07) is 19.9. The van der Waals surface area contributed by atoms with Gasteiger partial charge in [0.25, 0.3) is 0 Å². The van der Waals surface area contributed by atoms with Crippen LogP contribution in [-0.2, 0) is 22.9 Å². The van der Waals surface area contributed by atoms with Crippen molar-refractivity contribution < 1.29 is 8.42 Å². The topological polar surface area (TPSA) is 59.1 Å². The molecule has 0 fully saturated rings. The molecule has 1 N–H and O–H groups in total. The van der Waals surface area contributed by atoms with Crippen LogP contribution in [0.5, 0.6) is 0 Å². The quantitative estimate of drug-likeness (QED) is 0.747. The molecule has 0 amide bonds. The van der Waals surface area contributed by atoms with Gasteiger partial charge >= 0.3 is 0 Å². The zero-order valence-electron chi connectivity index (χ0n) is 15.0. The van der Waals surface area contributed by atoms with Crippen molar-refractivity contribution in [3.8, 4) is 0 Å². The number of anilines is 1. The average Bonchev–Trinajstić information content (AvgIpc) is 2.79. The molecule has 0 unspecified atom stereocenters. The molecule has 3 aromatic rings. The maximum atomic E-state index is 11.5. The highest BCUT2D eigenvalue weighted by Crippen LogP contribution is 2.33. The summed E-state index contributed by atoms with van der Waals surface area (Å²) in [5.41, 5.74) is 7.23. The molecular formula is C22H20N2O2S. The van der Waals surface area contributed by atoms with Gasteiger partial charge < -0.3 is 0 Å². The van der Waals surface area contributed by atoms with Crippen LogP contribution in [0.2, 0.25) is 0 Å². The lowest BCUT2D eigenvalue weighted by Crippen LogP contribution is -2.09. The summed E-state index contributed by atoms with van der Waals surface area (Å²) in [5.74, 6) is 0. The highest BCUT2D eigenvalue weighted by molar-refractivity contribution is 7.92. The number of fused-ring (bicyclic) bond motifs is 2. The number of pyridine rings is 1. The van der Waals surface area contributed by atoms with E-state index in [1.807, 2.05) is 36.5 Å². The minimum atomic E-state index is -3.31. The van der Waals surface area contributed by atoms with E-state index in [4.69, 9.17) is 0 Å². The number of aryl methyl sites for hydroxylation is 2. The van der Waals surface area contributed by atoms with E-state index in [0.29, 0.717) is 5.69 Å². The highest BCUT2D eigenvalue weighted by Gasteiger charge is 2.18. The van der Waals surface area contributed by atoms with Crippen molar-refractivity contribution in [2.45, 2.75) is 12.8 Å². The SMILES string of the molecule is CS(=O)(=O)Nc1cccc(C=C2c3ccccc3CCc3cccnc32)c1. The van der Waals surface area contributed by atoms with Crippen LogP contribution in [-0.4, -0.2) is 19.7 Å². The largest absolute Gasteiger partial charge is 0.284 e. The molecule has 0 aliphatic heterocycles. The fourth-order valence-electron chi connectivity index (χ4n) is 3.50. The second-order valence-electron chi connectivity index (χ2n) is 6.73. The summed E-state index contributed by atoms with van der Waals surface area (Å²) >= 11 is 0. The maximum Gasteiger partial charge on any atom is 0.229 e. The molecule has 0 bridgehead atoms. The number of nitrogens with one attached hydrogen (secondary N) is 1. The molecule has 1 aliphatic carbocycles. The zero-order chi connectivity index (χ0) is 18.9. The van der Waals surface area contributed by atoms with Gasteiger partial charge in [0, 0.05) is 17.5 Å². The summed E-state index contributed by atoms with van der Waals surface area (Å²) in [7, 11) is -3.31. The van der Waals surface area contributed by atoms with Gasteiger partial charge in [0.05, 0.1) is 11.9 Å². The Kier molecular flexibility index (Phi) is 4.54. The van der Waals surface area contributed by atoms with Gasteiger partial charge in [0.2, 0.25) is 10.0 Å². The molecule has 5 heteroatoms. The van der Waals surface area contributed by atoms with E-state index in [1.54, 1.807) is 6.07 Å². The van der Waals surface area contributed by atoms with Gasteiger partial charge in [0.15, 0.2) is 0 Å². The Bertz CT molecular complexity index is 1080. The van der Waals surface area contributed by atoms with Crippen LogP contribution < -0.4 is 4.72 Å². The van der Waals surface area contributed by atoms with Crippen molar-refractivity contribution in [2.24, 2.45) is 0 Å². The Morgan fingerprint density at radius 1 is 0.963 bits per heavy atom. The van der Waals surface area contributed by atoms with Crippen LogP contribution in [0.4, 0.5) is 5.69 Å². The Hall–Kier alpha value is -2.92. The van der Waals surface area contributed by atoms with E-state index in [2.05, 4.69) is 40.0 Å². The third kappa shape index (κ3) is 3.93. The summed E-state index contributed by atoms with van der Waals surface area (Å²) in [5, 5.41) is 0. The lowest BCUT2D eigenvalue weighted by molar-refractivity contribution is 0.607. The lowest BCUT2D eigenvalue weighted by Gasteiger charge is -2.11. The molecule has 1 heterocycles. The minimum absolute atomic E-state index is 0.551. The first-order valence-electron chi connectivity index (χ1n) is 8.82. The standard InChI is InChI=1S/C22H20N2O2S/c1-27(25,26)24-19-9-4-6-16(14-19)15-21-20-10-3-2-7-17(20)11-12-18-8-5-13-23-22(18)21/h2-10,13-15,24H,11-12H2,1H3. The zero-order valence-corrected chi connectivity index (χ0v) is 15.8. The maximum absolute atomic E-state index is 11.5. The molecule has 27 heavy (non-hydrogen) atoms. The van der Waals surface area contributed by atoms with Crippen LogP contribution >= 0.6 is 0 Å². The number of aromatic nitrogens is 1. The number of sulfonamides is 1. The van der Waals surface area contributed by atoms with Crippen molar-refractivity contribution in [3.63, 3.8) is 0 Å². The third-order valence-electron chi connectivity index (χ3n) is 4.62. The van der Waals surface area contributed by atoms with Crippen molar-refractivity contribution in [3.05, 3.63) is 94.8 Å². The van der Waals surface area contributed by atoms with Crippen LogP contribution in [0.15, 0.2) is 66.9 Å². The second kappa shape index (κ2) is 7.00. The number of nitrogens with zero attached hydrogens (tertiary/aromatic N) is 1. The molecule has 0 atom stereocenters.